The van der Waals surface area contributed by atoms with Crippen molar-refractivity contribution in [3.63, 3.8) is 0 Å². The lowest BCUT2D eigenvalue weighted by Crippen LogP contribution is -2.06. The van der Waals surface area contributed by atoms with Crippen LogP contribution in [0.25, 0.3) is 0 Å². The van der Waals surface area contributed by atoms with Crippen LogP contribution in [0.4, 0.5) is 0 Å². The average Bonchev–Trinajstić information content (AvgIpc) is 2.46. The summed E-state index contributed by atoms with van der Waals surface area (Å²) in [5, 5.41) is 8.80. The first-order chi connectivity index (χ1) is 10.0. The molecule has 1 aromatic rings. The molecule has 0 aromatic heterocycles. The van der Waals surface area contributed by atoms with Gasteiger partial charge in [0.05, 0.1) is 12.2 Å². The van der Waals surface area contributed by atoms with Crippen LogP contribution in [-0.4, -0.2) is 23.7 Å². The fourth-order valence-electron chi connectivity index (χ4n) is 1.89. The number of carboxylic acids is 1. The maximum atomic E-state index is 11.1. The van der Waals surface area contributed by atoms with E-state index in [1.165, 1.54) is 0 Å². The van der Waals surface area contributed by atoms with Crippen LogP contribution in [0.1, 0.15) is 48.5 Å². The summed E-state index contributed by atoms with van der Waals surface area (Å²) in [6, 6.07) is 6.99. The zero-order valence-electron chi connectivity index (χ0n) is 12.4. The van der Waals surface area contributed by atoms with Gasteiger partial charge in [-0.15, -0.1) is 0 Å². The van der Waals surface area contributed by atoms with Gasteiger partial charge >= 0.3 is 11.9 Å². The van der Waals surface area contributed by atoms with E-state index >= 15 is 0 Å². The standard InChI is InChI=1S/C17H22O4/c1-13(2)17(20)21-12-6-4-3-5-7-14-8-10-15(11-9-14)16(18)19/h8-11H,1,3-7,12H2,2H3,(H,18,19). The summed E-state index contributed by atoms with van der Waals surface area (Å²) in [5.41, 5.74) is 1.89. The third kappa shape index (κ3) is 6.75. The van der Waals surface area contributed by atoms with Crippen molar-refractivity contribution in [2.24, 2.45) is 0 Å². The van der Waals surface area contributed by atoms with E-state index in [2.05, 4.69) is 6.58 Å². The molecule has 0 aliphatic carbocycles. The number of hydrogen-bond acceptors (Lipinski definition) is 3. The van der Waals surface area contributed by atoms with E-state index in [-0.39, 0.29) is 5.97 Å². The molecule has 0 atom stereocenters. The first-order valence-electron chi connectivity index (χ1n) is 7.15. The van der Waals surface area contributed by atoms with Crippen molar-refractivity contribution in [3.05, 3.63) is 47.5 Å². The summed E-state index contributed by atoms with van der Waals surface area (Å²) in [4.78, 5) is 21.9. The predicted octanol–water partition coefficient (Wildman–Crippen LogP) is 3.61. The average molecular weight is 290 g/mol. The minimum absolute atomic E-state index is 0.318. The van der Waals surface area contributed by atoms with Crippen LogP contribution in [0, 0.1) is 0 Å². The number of aromatic carboxylic acids is 1. The molecule has 0 aliphatic rings. The minimum atomic E-state index is -0.897. The monoisotopic (exact) mass is 290 g/mol. The minimum Gasteiger partial charge on any atom is -0.478 e. The van der Waals surface area contributed by atoms with Gasteiger partial charge in [-0.05, 0) is 43.9 Å². The van der Waals surface area contributed by atoms with Crippen LogP contribution in [0.3, 0.4) is 0 Å². The molecule has 4 nitrogen and oxygen atoms in total. The molecule has 0 fully saturated rings. The van der Waals surface area contributed by atoms with Crippen molar-refractivity contribution in [2.75, 3.05) is 6.61 Å². The molecule has 0 unspecified atom stereocenters. The second-order valence-corrected chi connectivity index (χ2v) is 5.08. The Morgan fingerprint density at radius 2 is 1.71 bits per heavy atom. The van der Waals surface area contributed by atoms with E-state index in [0.29, 0.717) is 17.7 Å². The van der Waals surface area contributed by atoms with Gasteiger partial charge in [-0.1, -0.05) is 31.6 Å². The van der Waals surface area contributed by atoms with Gasteiger partial charge < -0.3 is 9.84 Å². The Labute approximate surface area is 125 Å². The molecule has 0 saturated heterocycles. The summed E-state index contributed by atoms with van der Waals surface area (Å²) < 4.78 is 5.01. The van der Waals surface area contributed by atoms with Crippen molar-refractivity contribution < 1.29 is 19.4 Å². The Kier molecular flexibility index (Phi) is 7.23. The molecule has 0 heterocycles. The van der Waals surface area contributed by atoms with Crippen molar-refractivity contribution in [1.29, 1.82) is 0 Å². The Balaban J connectivity index is 2.10. The molecular weight excluding hydrogens is 268 g/mol. The number of carbonyl (C=O) groups is 2. The van der Waals surface area contributed by atoms with Crippen LogP contribution in [0.15, 0.2) is 36.4 Å². The third-order valence-corrected chi connectivity index (χ3v) is 3.14. The Hall–Kier alpha value is -2.10. The quantitative estimate of drug-likeness (QED) is 0.429. The molecule has 21 heavy (non-hydrogen) atoms. The van der Waals surface area contributed by atoms with Crippen LogP contribution >= 0.6 is 0 Å². The Bertz CT molecular complexity index is 488. The highest BCUT2D eigenvalue weighted by atomic mass is 16.5. The number of carboxylic acid groups (broad SMARTS) is 1. The molecule has 1 aromatic carbocycles. The molecule has 1 N–H and O–H groups in total. The zero-order valence-corrected chi connectivity index (χ0v) is 12.4. The topological polar surface area (TPSA) is 63.6 Å². The van der Waals surface area contributed by atoms with Crippen molar-refractivity contribution >= 4 is 11.9 Å². The molecule has 0 saturated carbocycles. The molecule has 0 aliphatic heterocycles. The van der Waals surface area contributed by atoms with E-state index in [1.54, 1.807) is 19.1 Å². The Morgan fingerprint density at radius 3 is 2.29 bits per heavy atom. The predicted molar refractivity (Wildman–Crippen MR) is 81.3 cm³/mol. The maximum absolute atomic E-state index is 11.1. The first-order valence-corrected chi connectivity index (χ1v) is 7.15. The highest BCUT2D eigenvalue weighted by molar-refractivity contribution is 5.87. The molecule has 1 rings (SSSR count). The highest BCUT2D eigenvalue weighted by Crippen LogP contribution is 2.10. The van der Waals surface area contributed by atoms with Gasteiger partial charge in [-0.25, -0.2) is 9.59 Å². The van der Waals surface area contributed by atoms with Gasteiger partial charge in [-0.3, -0.25) is 0 Å². The molecule has 4 heteroatoms. The maximum Gasteiger partial charge on any atom is 0.335 e. The molecular formula is C17H22O4. The largest absolute Gasteiger partial charge is 0.478 e. The van der Waals surface area contributed by atoms with E-state index in [0.717, 1.165) is 37.7 Å². The molecule has 0 bridgehead atoms. The van der Waals surface area contributed by atoms with Gasteiger partial charge in [0.2, 0.25) is 0 Å². The van der Waals surface area contributed by atoms with Gasteiger partial charge in [0.25, 0.3) is 0 Å². The van der Waals surface area contributed by atoms with E-state index in [1.807, 2.05) is 12.1 Å². The normalized spacial score (nSPS) is 10.1. The zero-order chi connectivity index (χ0) is 15.7. The van der Waals surface area contributed by atoms with Crippen molar-refractivity contribution in [1.82, 2.24) is 0 Å². The highest BCUT2D eigenvalue weighted by Gasteiger charge is 2.03. The fraction of sp³-hybridized carbons (Fsp3) is 0.412. The van der Waals surface area contributed by atoms with Crippen LogP contribution < -0.4 is 0 Å². The number of rotatable bonds is 9. The number of carbonyl (C=O) groups excluding carboxylic acids is 1. The van der Waals surface area contributed by atoms with Gasteiger partial charge in [-0.2, -0.15) is 0 Å². The van der Waals surface area contributed by atoms with E-state index in [4.69, 9.17) is 9.84 Å². The molecule has 0 amide bonds. The number of hydrogen-bond donors (Lipinski definition) is 1. The fourth-order valence-corrected chi connectivity index (χ4v) is 1.89. The SMILES string of the molecule is C=C(C)C(=O)OCCCCCCc1ccc(C(=O)O)cc1. The molecule has 114 valence electrons. The molecule has 0 spiro atoms. The van der Waals surface area contributed by atoms with Gasteiger partial charge in [0, 0.05) is 5.57 Å². The summed E-state index contributed by atoms with van der Waals surface area (Å²) in [6.45, 7) is 5.60. The lowest BCUT2D eigenvalue weighted by molar-refractivity contribution is -0.139. The summed E-state index contributed by atoms with van der Waals surface area (Å²) in [5.74, 6) is -1.22. The number of aryl methyl sites for hydroxylation is 1. The number of unbranched alkanes of at least 4 members (excludes halogenated alkanes) is 3. The van der Waals surface area contributed by atoms with Crippen LogP contribution in [0.2, 0.25) is 0 Å². The number of benzene rings is 1. The third-order valence-electron chi connectivity index (χ3n) is 3.14. The van der Waals surface area contributed by atoms with Gasteiger partial charge in [0.15, 0.2) is 0 Å². The second-order valence-electron chi connectivity index (χ2n) is 5.08. The van der Waals surface area contributed by atoms with Gasteiger partial charge in [0.1, 0.15) is 0 Å². The number of ether oxygens (including phenoxy) is 1. The second kappa shape index (κ2) is 8.95. The summed E-state index contributed by atoms with van der Waals surface area (Å²) in [7, 11) is 0. The first kappa shape index (κ1) is 17.0. The molecule has 0 radical (unpaired) electrons. The number of esters is 1. The smallest absolute Gasteiger partial charge is 0.335 e. The summed E-state index contributed by atoms with van der Waals surface area (Å²) in [6.07, 6.45) is 4.91. The lowest BCUT2D eigenvalue weighted by Gasteiger charge is -2.05. The summed E-state index contributed by atoms with van der Waals surface area (Å²) >= 11 is 0. The lowest BCUT2D eigenvalue weighted by atomic mass is 10.0. The van der Waals surface area contributed by atoms with Crippen LogP contribution in [0.5, 0.6) is 0 Å². The van der Waals surface area contributed by atoms with E-state index in [9.17, 15) is 9.59 Å². The van der Waals surface area contributed by atoms with Crippen LogP contribution in [-0.2, 0) is 16.0 Å². The van der Waals surface area contributed by atoms with Crippen molar-refractivity contribution in [3.8, 4) is 0 Å². The van der Waals surface area contributed by atoms with E-state index < -0.39 is 5.97 Å². The van der Waals surface area contributed by atoms with Crippen molar-refractivity contribution in [2.45, 2.75) is 39.0 Å². The Morgan fingerprint density at radius 1 is 1.10 bits per heavy atom.